The van der Waals surface area contributed by atoms with Crippen LogP contribution in [0, 0.1) is 0 Å². The average molecular weight is 389 g/mol. The fourth-order valence-corrected chi connectivity index (χ4v) is 4.50. The fourth-order valence-electron chi connectivity index (χ4n) is 4.50. The number of carbonyl (C=O) groups excluding carboxylic acids is 1. The molecule has 0 saturated carbocycles. The van der Waals surface area contributed by atoms with Crippen LogP contribution in [0.4, 0.5) is 0 Å². The number of esters is 1. The van der Waals surface area contributed by atoms with Crippen LogP contribution in [-0.4, -0.2) is 38.7 Å². The molecule has 5 rings (SSSR count). The summed E-state index contributed by atoms with van der Waals surface area (Å²) in [5.74, 6) is 1.05. The first-order chi connectivity index (χ1) is 14.1. The maximum Gasteiger partial charge on any atom is 0.339 e. The van der Waals surface area contributed by atoms with Crippen molar-refractivity contribution in [1.29, 1.82) is 0 Å². The topological polar surface area (TPSA) is 48.0 Å². The predicted octanol–water partition coefficient (Wildman–Crippen LogP) is 4.18. The lowest BCUT2D eigenvalue weighted by Crippen LogP contribution is -2.26. The summed E-state index contributed by atoms with van der Waals surface area (Å²) in [6, 6.07) is 12.5. The summed E-state index contributed by atoms with van der Waals surface area (Å²) in [5, 5.41) is 1.97. The Kier molecular flexibility index (Phi) is 4.21. The SMILES string of the molecule is COc1cc2cc3c(c(-c4ccc5c(c4)CN(C)CC5)c2cc1OC)C(=O)OC3. The molecule has 0 saturated heterocycles. The van der Waals surface area contributed by atoms with E-state index in [1.54, 1.807) is 14.2 Å². The minimum absolute atomic E-state index is 0.262. The molecule has 0 aliphatic carbocycles. The molecule has 0 unspecified atom stereocenters. The highest BCUT2D eigenvalue weighted by molar-refractivity contribution is 6.11. The molecule has 0 bridgehead atoms. The Labute approximate surface area is 169 Å². The van der Waals surface area contributed by atoms with E-state index in [-0.39, 0.29) is 5.97 Å². The summed E-state index contributed by atoms with van der Waals surface area (Å²) >= 11 is 0. The van der Waals surface area contributed by atoms with Gasteiger partial charge >= 0.3 is 5.97 Å². The molecule has 0 atom stereocenters. The van der Waals surface area contributed by atoms with E-state index in [1.165, 1.54) is 11.1 Å². The maximum absolute atomic E-state index is 12.6. The van der Waals surface area contributed by atoms with Crippen molar-refractivity contribution < 1.29 is 19.0 Å². The lowest BCUT2D eigenvalue weighted by atomic mass is 9.88. The van der Waals surface area contributed by atoms with Crippen molar-refractivity contribution in [1.82, 2.24) is 4.90 Å². The van der Waals surface area contributed by atoms with E-state index < -0.39 is 0 Å². The van der Waals surface area contributed by atoms with Crippen molar-refractivity contribution in [2.75, 3.05) is 27.8 Å². The van der Waals surface area contributed by atoms with Gasteiger partial charge in [-0.05, 0) is 65.2 Å². The van der Waals surface area contributed by atoms with Gasteiger partial charge in [0, 0.05) is 24.2 Å². The van der Waals surface area contributed by atoms with Gasteiger partial charge in [0.25, 0.3) is 0 Å². The van der Waals surface area contributed by atoms with E-state index >= 15 is 0 Å². The summed E-state index contributed by atoms with van der Waals surface area (Å²) in [5.41, 5.74) is 6.22. The van der Waals surface area contributed by atoms with E-state index in [9.17, 15) is 4.79 Å². The molecule has 5 nitrogen and oxygen atoms in total. The molecule has 0 N–H and O–H groups in total. The zero-order valence-corrected chi connectivity index (χ0v) is 16.9. The van der Waals surface area contributed by atoms with Crippen LogP contribution in [0.25, 0.3) is 21.9 Å². The van der Waals surface area contributed by atoms with Gasteiger partial charge in [-0.25, -0.2) is 4.79 Å². The van der Waals surface area contributed by atoms with E-state index in [0.717, 1.165) is 47.0 Å². The Hall–Kier alpha value is -3.05. The quantitative estimate of drug-likeness (QED) is 0.629. The number of cyclic esters (lactones) is 1. The number of carbonyl (C=O) groups is 1. The van der Waals surface area contributed by atoms with Gasteiger partial charge < -0.3 is 19.1 Å². The zero-order valence-electron chi connectivity index (χ0n) is 16.9. The second-order valence-corrected chi connectivity index (χ2v) is 7.76. The van der Waals surface area contributed by atoms with Crippen LogP contribution in [0.2, 0.25) is 0 Å². The third kappa shape index (κ3) is 2.85. The minimum Gasteiger partial charge on any atom is -0.493 e. The van der Waals surface area contributed by atoms with Crippen LogP contribution in [0.15, 0.2) is 36.4 Å². The molecule has 0 spiro atoms. The summed E-state index contributed by atoms with van der Waals surface area (Å²) in [7, 11) is 5.39. The van der Waals surface area contributed by atoms with Crippen LogP contribution < -0.4 is 9.47 Å². The second-order valence-electron chi connectivity index (χ2n) is 7.76. The number of likely N-dealkylation sites (N-methyl/N-ethyl adjacent to an activating group) is 1. The van der Waals surface area contributed by atoms with Gasteiger partial charge in [0.2, 0.25) is 0 Å². The maximum atomic E-state index is 12.6. The number of ether oxygens (including phenoxy) is 3. The molecule has 148 valence electrons. The van der Waals surface area contributed by atoms with E-state index in [0.29, 0.717) is 23.7 Å². The summed E-state index contributed by atoms with van der Waals surface area (Å²) < 4.78 is 16.4. The first-order valence-corrected chi connectivity index (χ1v) is 9.78. The zero-order chi connectivity index (χ0) is 20.1. The van der Waals surface area contributed by atoms with Gasteiger partial charge in [0.05, 0.1) is 19.8 Å². The largest absolute Gasteiger partial charge is 0.493 e. The van der Waals surface area contributed by atoms with Gasteiger partial charge in [-0.1, -0.05) is 12.1 Å². The molecule has 2 aliphatic rings. The Morgan fingerprint density at radius 1 is 0.931 bits per heavy atom. The fraction of sp³-hybridized carbons (Fsp3) is 0.292. The molecule has 0 aromatic heterocycles. The van der Waals surface area contributed by atoms with Crippen LogP contribution in [0.3, 0.4) is 0 Å². The van der Waals surface area contributed by atoms with Crippen molar-refractivity contribution >= 4 is 16.7 Å². The van der Waals surface area contributed by atoms with Gasteiger partial charge in [-0.3, -0.25) is 0 Å². The van der Waals surface area contributed by atoms with Crippen molar-refractivity contribution in [3.63, 3.8) is 0 Å². The Bertz CT molecular complexity index is 1150. The second kappa shape index (κ2) is 6.78. The van der Waals surface area contributed by atoms with Gasteiger partial charge in [0.1, 0.15) is 6.61 Å². The van der Waals surface area contributed by atoms with Crippen LogP contribution in [-0.2, 0) is 24.3 Å². The normalized spacial score (nSPS) is 15.8. The standard InChI is InChI=1S/C24H23NO4/c1-25-7-6-14-4-5-15(8-17(14)12-25)22-19-11-21(28-3)20(27-2)10-16(19)9-18-13-29-24(26)23(18)22/h4-5,8-11H,6-7,12-13H2,1-3H3. The molecule has 3 aromatic carbocycles. The third-order valence-electron chi connectivity index (χ3n) is 5.99. The Balaban J connectivity index is 1.81. The molecule has 0 radical (unpaired) electrons. The van der Waals surface area contributed by atoms with Gasteiger partial charge in [-0.2, -0.15) is 0 Å². The minimum atomic E-state index is -0.262. The highest BCUT2D eigenvalue weighted by Crippen LogP contribution is 2.43. The lowest BCUT2D eigenvalue weighted by Gasteiger charge is -2.25. The first kappa shape index (κ1) is 18.0. The average Bonchev–Trinajstić information content (AvgIpc) is 3.10. The number of benzene rings is 3. The van der Waals surface area contributed by atoms with Crippen molar-refractivity contribution in [2.24, 2.45) is 0 Å². The molecular formula is C24H23NO4. The van der Waals surface area contributed by atoms with Crippen molar-refractivity contribution in [2.45, 2.75) is 19.6 Å². The molecule has 2 heterocycles. The number of methoxy groups -OCH3 is 2. The van der Waals surface area contributed by atoms with Crippen LogP contribution in [0.1, 0.15) is 27.0 Å². The Morgan fingerprint density at radius 2 is 1.72 bits per heavy atom. The smallest absolute Gasteiger partial charge is 0.339 e. The van der Waals surface area contributed by atoms with Gasteiger partial charge in [0.15, 0.2) is 11.5 Å². The lowest BCUT2D eigenvalue weighted by molar-refractivity contribution is 0.0535. The third-order valence-corrected chi connectivity index (χ3v) is 5.99. The molecule has 0 fully saturated rings. The van der Waals surface area contributed by atoms with E-state index in [4.69, 9.17) is 14.2 Å². The van der Waals surface area contributed by atoms with E-state index in [1.807, 2.05) is 18.2 Å². The number of nitrogens with zero attached hydrogens (tertiary/aromatic N) is 1. The number of rotatable bonds is 3. The number of fused-ring (bicyclic) bond motifs is 3. The monoisotopic (exact) mass is 389 g/mol. The van der Waals surface area contributed by atoms with Crippen molar-refractivity contribution in [3.8, 4) is 22.6 Å². The van der Waals surface area contributed by atoms with Crippen molar-refractivity contribution in [3.05, 3.63) is 58.7 Å². The van der Waals surface area contributed by atoms with Crippen LogP contribution in [0.5, 0.6) is 11.5 Å². The number of hydrogen-bond acceptors (Lipinski definition) is 5. The molecule has 29 heavy (non-hydrogen) atoms. The van der Waals surface area contributed by atoms with E-state index in [2.05, 4.69) is 30.1 Å². The first-order valence-electron chi connectivity index (χ1n) is 9.78. The number of hydrogen-bond donors (Lipinski definition) is 0. The predicted molar refractivity (Wildman–Crippen MR) is 112 cm³/mol. The molecule has 5 heteroatoms. The molecular weight excluding hydrogens is 366 g/mol. The highest BCUT2D eigenvalue weighted by atomic mass is 16.5. The summed E-state index contributed by atoms with van der Waals surface area (Å²) in [6.07, 6.45) is 1.05. The van der Waals surface area contributed by atoms with Crippen LogP contribution >= 0.6 is 0 Å². The highest BCUT2D eigenvalue weighted by Gasteiger charge is 2.29. The molecule has 0 amide bonds. The van der Waals surface area contributed by atoms with Gasteiger partial charge in [-0.15, -0.1) is 0 Å². The Morgan fingerprint density at radius 3 is 2.52 bits per heavy atom. The molecule has 2 aliphatic heterocycles. The molecule has 3 aromatic rings. The summed E-state index contributed by atoms with van der Waals surface area (Å²) in [4.78, 5) is 15.0. The summed E-state index contributed by atoms with van der Waals surface area (Å²) in [6.45, 7) is 2.29.